The molecule has 1 unspecified atom stereocenters. The molecule has 0 spiro atoms. The molecule has 208 valence electrons. The van der Waals surface area contributed by atoms with Crippen LogP contribution in [0.5, 0.6) is 0 Å². The molecule has 0 saturated carbocycles. The molecule has 9 rings (SSSR count). The van der Waals surface area contributed by atoms with E-state index in [4.69, 9.17) is 14.4 Å². The number of hydrogen-bond acceptors (Lipinski definition) is 3. The molecule has 0 saturated heterocycles. The summed E-state index contributed by atoms with van der Waals surface area (Å²) in [4.78, 5) is 10.4. The first-order valence-electron chi connectivity index (χ1n) is 15.0. The Labute approximate surface area is 254 Å². The molecule has 1 aliphatic rings. The van der Waals surface area contributed by atoms with Crippen LogP contribution >= 0.6 is 0 Å². The van der Waals surface area contributed by atoms with Gasteiger partial charge in [-0.15, -0.1) is 0 Å². The third kappa shape index (κ3) is 3.99. The Balaban J connectivity index is 1.25. The van der Waals surface area contributed by atoms with Gasteiger partial charge in [-0.2, -0.15) is 0 Å². The first-order valence-corrected chi connectivity index (χ1v) is 15.0. The monoisotopic (exact) mass is 565 g/mol. The smallest absolute Gasteiger partial charge is 0.155 e. The number of fused-ring (bicyclic) bond motifs is 6. The standard InChI is InChI=1S/C40H27N3O/c1-3-12-26(13-4-1)34-25-35(27-14-5-2-6-15-27)42-40(41-34)28-16-11-17-29(22-28)43-36-20-9-7-18-30(36)32-24-39-33(23-37(32)43)31-19-8-10-21-38(31)44-39/h1-24,34H,25H2. The Kier molecular flexibility index (Phi) is 5.60. The molecule has 3 heterocycles. The van der Waals surface area contributed by atoms with Crippen molar-refractivity contribution in [3.63, 3.8) is 0 Å². The topological polar surface area (TPSA) is 42.8 Å². The molecule has 0 fully saturated rings. The van der Waals surface area contributed by atoms with Gasteiger partial charge in [0.1, 0.15) is 11.2 Å². The Morgan fingerprint density at radius 3 is 2.14 bits per heavy atom. The second kappa shape index (κ2) is 9.92. The summed E-state index contributed by atoms with van der Waals surface area (Å²) in [7, 11) is 0. The van der Waals surface area contributed by atoms with Crippen molar-refractivity contribution in [1.82, 2.24) is 4.57 Å². The van der Waals surface area contributed by atoms with Gasteiger partial charge in [0.05, 0.1) is 22.8 Å². The first-order chi connectivity index (χ1) is 21.8. The summed E-state index contributed by atoms with van der Waals surface area (Å²) >= 11 is 0. The van der Waals surface area contributed by atoms with E-state index >= 15 is 0 Å². The Hall–Kier alpha value is -5.74. The highest BCUT2D eigenvalue weighted by Gasteiger charge is 2.23. The van der Waals surface area contributed by atoms with Crippen LogP contribution in [0.15, 0.2) is 160 Å². The van der Waals surface area contributed by atoms with Gasteiger partial charge in [-0.1, -0.05) is 109 Å². The highest BCUT2D eigenvalue weighted by Crippen LogP contribution is 2.38. The van der Waals surface area contributed by atoms with Crippen LogP contribution < -0.4 is 0 Å². The predicted molar refractivity (Wildman–Crippen MR) is 181 cm³/mol. The van der Waals surface area contributed by atoms with E-state index in [0.717, 1.165) is 67.8 Å². The summed E-state index contributed by atoms with van der Waals surface area (Å²) in [6, 6.07) is 51.0. The van der Waals surface area contributed by atoms with E-state index in [1.165, 1.54) is 16.3 Å². The van der Waals surface area contributed by atoms with Gasteiger partial charge < -0.3 is 8.98 Å². The number of aliphatic imine (C=N–C) groups is 2. The number of para-hydroxylation sites is 2. The average molecular weight is 566 g/mol. The molecule has 1 aliphatic heterocycles. The van der Waals surface area contributed by atoms with E-state index in [1.807, 2.05) is 18.2 Å². The molecular formula is C40H27N3O. The Bertz CT molecular complexity index is 2410. The molecule has 4 nitrogen and oxygen atoms in total. The Morgan fingerprint density at radius 1 is 0.545 bits per heavy atom. The predicted octanol–water partition coefficient (Wildman–Crippen LogP) is 10.1. The third-order valence-corrected chi connectivity index (χ3v) is 8.73. The van der Waals surface area contributed by atoms with Gasteiger partial charge in [0.2, 0.25) is 0 Å². The van der Waals surface area contributed by atoms with Crippen LogP contribution in [0.3, 0.4) is 0 Å². The maximum atomic E-state index is 6.28. The van der Waals surface area contributed by atoms with Crippen LogP contribution in [0.2, 0.25) is 0 Å². The van der Waals surface area contributed by atoms with E-state index in [2.05, 4.69) is 132 Å². The summed E-state index contributed by atoms with van der Waals surface area (Å²) in [5.74, 6) is 0.759. The summed E-state index contributed by atoms with van der Waals surface area (Å²) in [6.07, 6.45) is 0.763. The van der Waals surface area contributed by atoms with Crippen molar-refractivity contribution in [2.24, 2.45) is 9.98 Å². The van der Waals surface area contributed by atoms with Gasteiger partial charge in [-0.25, -0.2) is 4.99 Å². The maximum Gasteiger partial charge on any atom is 0.155 e. The molecule has 0 bridgehead atoms. The normalized spacial score (nSPS) is 15.2. The first kappa shape index (κ1) is 24.8. The van der Waals surface area contributed by atoms with Gasteiger partial charge in [0.25, 0.3) is 0 Å². The van der Waals surface area contributed by atoms with Crippen molar-refractivity contribution < 1.29 is 4.42 Å². The average Bonchev–Trinajstić information content (AvgIpc) is 3.62. The van der Waals surface area contributed by atoms with Crippen LogP contribution in [0.4, 0.5) is 0 Å². The van der Waals surface area contributed by atoms with Crippen molar-refractivity contribution in [2.45, 2.75) is 12.5 Å². The van der Waals surface area contributed by atoms with Crippen molar-refractivity contribution in [3.05, 3.63) is 162 Å². The minimum Gasteiger partial charge on any atom is -0.456 e. The zero-order chi connectivity index (χ0) is 29.0. The summed E-state index contributed by atoms with van der Waals surface area (Å²) in [5.41, 5.74) is 9.56. The summed E-state index contributed by atoms with van der Waals surface area (Å²) in [5, 5.41) is 4.61. The number of benzene rings is 6. The van der Waals surface area contributed by atoms with Gasteiger partial charge in [-0.3, -0.25) is 4.99 Å². The molecule has 2 aromatic heterocycles. The molecular weight excluding hydrogens is 538 g/mol. The van der Waals surface area contributed by atoms with Crippen molar-refractivity contribution in [2.75, 3.05) is 0 Å². The van der Waals surface area contributed by atoms with Crippen molar-refractivity contribution in [1.29, 1.82) is 0 Å². The number of aromatic nitrogens is 1. The van der Waals surface area contributed by atoms with E-state index < -0.39 is 0 Å². The summed E-state index contributed by atoms with van der Waals surface area (Å²) < 4.78 is 8.63. The number of nitrogens with zero attached hydrogens (tertiary/aromatic N) is 3. The van der Waals surface area contributed by atoms with Crippen molar-refractivity contribution >= 4 is 55.3 Å². The minimum atomic E-state index is -0.00143. The molecule has 0 amide bonds. The fraction of sp³-hybridized carbons (Fsp3) is 0.0500. The number of hydrogen-bond donors (Lipinski definition) is 0. The van der Waals surface area contributed by atoms with E-state index in [0.29, 0.717) is 0 Å². The van der Waals surface area contributed by atoms with Gasteiger partial charge in [0.15, 0.2) is 5.84 Å². The lowest BCUT2D eigenvalue weighted by Gasteiger charge is -2.21. The van der Waals surface area contributed by atoms with E-state index in [1.54, 1.807) is 0 Å². The van der Waals surface area contributed by atoms with E-state index in [9.17, 15) is 0 Å². The van der Waals surface area contributed by atoms with Gasteiger partial charge in [-0.05, 0) is 47.5 Å². The lowest BCUT2D eigenvalue weighted by molar-refractivity contribution is 0.669. The van der Waals surface area contributed by atoms with Crippen LogP contribution in [0, 0.1) is 0 Å². The molecule has 4 heteroatoms. The second-order valence-electron chi connectivity index (χ2n) is 11.4. The molecule has 0 radical (unpaired) electrons. The second-order valence-corrected chi connectivity index (χ2v) is 11.4. The van der Waals surface area contributed by atoms with Crippen LogP contribution in [-0.4, -0.2) is 16.1 Å². The summed E-state index contributed by atoms with van der Waals surface area (Å²) in [6.45, 7) is 0. The quantitative estimate of drug-likeness (QED) is 0.209. The van der Waals surface area contributed by atoms with Crippen molar-refractivity contribution in [3.8, 4) is 5.69 Å². The molecule has 44 heavy (non-hydrogen) atoms. The SMILES string of the molecule is c1ccc(C2=NC(c3cccc(-n4c5ccccc5c5cc6oc7ccccc7c6cc54)c3)=NC(c3ccccc3)C2)cc1. The molecule has 0 aliphatic carbocycles. The highest BCUT2D eigenvalue weighted by molar-refractivity contribution is 6.17. The zero-order valence-electron chi connectivity index (χ0n) is 23.9. The lowest BCUT2D eigenvalue weighted by Crippen LogP contribution is -2.17. The molecule has 6 aromatic carbocycles. The van der Waals surface area contributed by atoms with Gasteiger partial charge >= 0.3 is 0 Å². The molecule has 1 atom stereocenters. The number of rotatable bonds is 4. The van der Waals surface area contributed by atoms with E-state index in [-0.39, 0.29) is 6.04 Å². The maximum absolute atomic E-state index is 6.28. The third-order valence-electron chi connectivity index (χ3n) is 8.73. The Morgan fingerprint density at radius 2 is 1.27 bits per heavy atom. The minimum absolute atomic E-state index is 0.00143. The van der Waals surface area contributed by atoms with Gasteiger partial charge in [0, 0.05) is 39.2 Å². The van der Waals surface area contributed by atoms with Crippen LogP contribution in [0.1, 0.15) is 29.2 Å². The van der Waals surface area contributed by atoms with Crippen LogP contribution in [-0.2, 0) is 0 Å². The lowest BCUT2D eigenvalue weighted by atomic mass is 9.96. The molecule has 8 aromatic rings. The number of amidine groups is 1. The highest BCUT2D eigenvalue weighted by atomic mass is 16.3. The zero-order valence-corrected chi connectivity index (χ0v) is 23.9. The largest absolute Gasteiger partial charge is 0.456 e. The fourth-order valence-electron chi connectivity index (χ4n) is 6.65. The molecule has 0 N–H and O–H groups in total. The number of furan rings is 1. The fourth-order valence-corrected chi connectivity index (χ4v) is 6.65. The van der Waals surface area contributed by atoms with Crippen LogP contribution in [0.25, 0.3) is 49.4 Å².